The van der Waals surface area contributed by atoms with Crippen molar-refractivity contribution in [2.24, 2.45) is 0 Å². The Morgan fingerprint density at radius 3 is 2.71 bits per heavy atom. The summed E-state index contributed by atoms with van der Waals surface area (Å²) >= 11 is 5.36. The predicted molar refractivity (Wildman–Crippen MR) is 62.5 cm³/mol. The number of hydrogen-bond acceptors (Lipinski definition) is 3. The first-order valence-electron chi connectivity index (χ1n) is 4.59. The fourth-order valence-corrected chi connectivity index (χ4v) is 1.66. The normalized spacial score (nSPS) is 10.9. The highest BCUT2D eigenvalue weighted by Crippen LogP contribution is 2.17. The van der Waals surface area contributed by atoms with Gasteiger partial charge in [-0.25, -0.2) is 4.79 Å². The molecule has 0 aliphatic carbocycles. The number of rotatable bonds is 4. The molecule has 2 amide bonds. The van der Waals surface area contributed by atoms with Crippen molar-refractivity contribution in [3.8, 4) is 0 Å². The monoisotopic (exact) mass is 280 g/mol. The van der Waals surface area contributed by atoms with Gasteiger partial charge in [-0.2, -0.15) is 8.42 Å². The third kappa shape index (κ3) is 4.58. The van der Waals surface area contributed by atoms with Gasteiger partial charge in [0.1, 0.15) is 4.90 Å². The zero-order valence-corrected chi connectivity index (χ0v) is 10.2. The molecule has 17 heavy (non-hydrogen) atoms. The maximum Gasteiger partial charge on any atom is 0.332 e. The summed E-state index contributed by atoms with van der Waals surface area (Å²) in [5, 5.41) is 4.76. The molecule has 0 radical (unpaired) electrons. The van der Waals surface area contributed by atoms with Crippen molar-refractivity contribution in [2.75, 3.05) is 17.7 Å². The van der Waals surface area contributed by atoms with Crippen LogP contribution in [0.4, 0.5) is 14.4 Å². The van der Waals surface area contributed by atoms with Crippen molar-refractivity contribution < 1.29 is 17.1 Å². The number of anilines is 1. The molecule has 0 fully saturated rings. The van der Waals surface area contributed by atoms with Crippen LogP contribution in [0.25, 0.3) is 0 Å². The van der Waals surface area contributed by atoms with Crippen LogP contribution in [0.3, 0.4) is 0 Å². The van der Waals surface area contributed by atoms with E-state index in [1.807, 2.05) is 0 Å². The van der Waals surface area contributed by atoms with E-state index in [9.17, 15) is 17.1 Å². The summed E-state index contributed by atoms with van der Waals surface area (Å²) in [6, 6.07) is 4.34. The van der Waals surface area contributed by atoms with Gasteiger partial charge < -0.3 is 10.6 Å². The molecule has 8 heteroatoms. The number of alkyl halides is 1. The van der Waals surface area contributed by atoms with Crippen LogP contribution in [-0.2, 0) is 10.2 Å². The van der Waals surface area contributed by atoms with Gasteiger partial charge in [-0.3, -0.25) is 0 Å². The largest absolute Gasteiger partial charge is 0.337 e. The van der Waals surface area contributed by atoms with Gasteiger partial charge in [-0.15, -0.1) is 15.5 Å². The molecule has 0 aliphatic heterocycles. The minimum Gasteiger partial charge on any atom is -0.337 e. The molecule has 0 saturated heterocycles. The minimum atomic E-state index is -4.77. The van der Waals surface area contributed by atoms with E-state index in [0.717, 1.165) is 12.1 Å². The van der Waals surface area contributed by atoms with Crippen LogP contribution >= 0.6 is 11.6 Å². The molecule has 2 N–H and O–H groups in total. The lowest BCUT2D eigenvalue weighted by atomic mass is 10.3. The van der Waals surface area contributed by atoms with Gasteiger partial charge >= 0.3 is 16.3 Å². The van der Waals surface area contributed by atoms with E-state index in [4.69, 9.17) is 11.6 Å². The summed E-state index contributed by atoms with van der Waals surface area (Å²) in [4.78, 5) is 10.7. The van der Waals surface area contributed by atoms with E-state index in [1.165, 1.54) is 12.1 Å². The third-order valence-electron chi connectivity index (χ3n) is 1.75. The van der Waals surface area contributed by atoms with Crippen molar-refractivity contribution >= 4 is 33.5 Å². The molecule has 1 aromatic carbocycles. The molecule has 0 bridgehead atoms. The maximum atomic E-state index is 12.7. The number of urea groups is 1. The quantitative estimate of drug-likeness (QED) is 0.651. The van der Waals surface area contributed by atoms with Crippen molar-refractivity contribution in [1.82, 2.24) is 5.32 Å². The third-order valence-corrected chi connectivity index (χ3v) is 2.76. The number of carbonyl (C=O) groups excluding carboxylic acids is 1. The van der Waals surface area contributed by atoms with Gasteiger partial charge in [-0.05, 0) is 18.2 Å². The molecular formula is C9H10ClFN2O3S. The number of halogens is 2. The topological polar surface area (TPSA) is 75.3 Å². The molecule has 1 rings (SSSR count). The van der Waals surface area contributed by atoms with Gasteiger partial charge in [0, 0.05) is 18.1 Å². The van der Waals surface area contributed by atoms with E-state index in [1.54, 1.807) is 0 Å². The Labute approximate surface area is 103 Å². The Morgan fingerprint density at radius 1 is 1.41 bits per heavy atom. The van der Waals surface area contributed by atoms with Gasteiger partial charge in [0.05, 0.1) is 0 Å². The lowest BCUT2D eigenvalue weighted by Crippen LogP contribution is -2.30. The van der Waals surface area contributed by atoms with Gasteiger partial charge in [-0.1, -0.05) is 6.07 Å². The molecule has 94 valence electrons. The zero-order valence-electron chi connectivity index (χ0n) is 8.61. The van der Waals surface area contributed by atoms with E-state index < -0.39 is 21.1 Å². The second-order valence-electron chi connectivity index (χ2n) is 3.04. The first-order valence-corrected chi connectivity index (χ1v) is 6.51. The molecule has 0 unspecified atom stereocenters. The first kappa shape index (κ1) is 13.7. The van der Waals surface area contributed by atoms with E-state index in [2.05, 4.69) is 10.6 Å². The smallest absolute Gasteiger partial charge is 0.332 e. The lowest BCUT2D eigenvalue weighted by molar-refractivity contribution is 0.252. The SMILES string of the molecule is O=C(NCCCl)Nc1cccc(S(=O)(=O)F)c1. The van der Waals surface area contributed by atoms with Crippen LogP contribution in [0.2, 0.25) is 0 Å². The van der Waals surface area contributed by atoms with Gasteiger partial charge in [0.15, 0.2) is 0 Å². The number of amides is 2. The summed E-state index contributed by atoms with van der Waals surface area (Å²) in [6.45, 7) is 0.272. The highest BCUT2D eigenvalue weighted by atomic mass is 35.5. The van der Waals surface area contributed by atoms with Crippen LogP contribution in [0.1, 0.15) is 0 Å². The Kier molecular flexibility index (Phi) is 4.71. The highest BCUT2D eigenvalue weighted by molar-refractivity contribution is 7.86. The summed E-state index contributed by atoms with van der Waals surface area (Å²) < 4.78 is 33.9. The van der Waals surface area contributed by atoms with Crippen LogP contribution in [0.15, 0.2) is 29.2 Å². The number of benzene rings is 1. The molecular weight excluding hydrogens is 271 g/mol. The zero-order chi connectivity index (χ0) is 12.9. The lowest BCUT2D eigenvalue weighted by Gasteiger charge is -2.06. The Bertz CT molecular complexity index is 507. The standard InChI is InChI=1S/C9H10ClFN2O3S/c10-4-5-12-9(14)13-7-2-1-3-8(6-7)17(11,15)16/h1-3,6H,4-5H2,(H2,12,13,14). The second kappa shape index (κ2) is 5.83. The average molecular weight is 281 g/mol. The summed E-state index contributed by atoms with van der Waals surface area (Å²) in [5.74, 6) is 0.256. The fraction of sp³-hybridized carbons (Fsp3) is 0.222. The van der Waals surface area contributed by atoms with E-state index in [0.29, 0.717) is 0 Å². The van der Waals surface area contributed by atoms with E-state index >= 15 is 0 Å². The first-order chi connectivity index (χ1) is 7.93. The molecule has 0 aliphatic rings. The molecule has 5 nitrogen and oxygen atoms in total. The Morgan fingerprint density at radius 2 is 2.12 bits per heavy atom. The van der Waals surface area contributed by atoms with Crippen LogP contribution in [0, 0.1) is 0 Å². The van der Waals surface area contributed by atoms with Crippen molar-refractivity contribution in [3.05, 3.63) is 24.3 Å². The summed E-state index contributed by atoms with van der Waals surface area (Å²) in [6.07, 6.45) is 0. The molecule has 1 aromatic rings. The van der Waals surface area contributed by atoms with Crippen molar-refractivity contribution in [3.63, 3.8) is 0 Å². The van der Waals surface area contributed by atoms with Gasteiger partial charge in [0.25, 0.3) is 0 Å². The minimum absolute atomic E-state index is 0.177. The Hall–Kier alpha value is -1.34. The van der Waals surface area contributed by atoms with Crippen LogP contribution < -0.4 is 10.6 Å². The van der Waals surface area contributed by atoms with Crippen LogP contribution in [-0.4, -0.2) is 26.9 Å². The highest BCUT2D eigenvalue weighted by Gasteiger charge is 2.12. The summed E-state index contributed by atoms with van der Waals surface area (Å²) in [5.41, 5.74) is 0.177. The fourth-order valence-electron chi connectivity index (χ4n) is 1.06. The Balaban J connectivity index is 2.76. The summed E-state index contributed by atoms with van der Waals surface area (Å²) in [7, 11) is -4.77. The molecule has 0 spiro atoms. The van der Waals surface area contributed by atoms with E-state index in [-0.39, 0.29) is 18.1 Å². The molecule has 0 saturated carbocycles. The maximum absolute atomic E-state index is 12.7. The number of carbonyl (C=O) groups is 1. The predicted octanol–water partition coefficient (Wildman–Crippen LogP) is 1.71. The van der Waals surface area contributed by atoms with Crippen molar-refractivity contribution in [2.45, 2.75) is 4.90 Å². The van der Waals surface area contributed by atoms with Crippen LogP contribution in [0.5, 0.6) is 0 Å². The number of hydrogen-bond donors (Lipinski definition) is 2. The van der Waals surface area contributed by atoms with Crippen molar-refractivity contribution in [1.29, 1.82) is 0 Å². The molecule has 0 heterocycles. The van der Waals surface area contributed by atoms with Gasteiger partial charge in [0.2, 0.25) is 0 Å². The molecule has 0 aromatic heterocycles. The molecule has 0 atom stereocenters. The second-order valence-corrected chi connectivity index (χ2v) is 4.76. The average Bonchev–Trinajstić information content (AvgIpc) is 2.25. The number of nitrogens with one attached hydrogen (secondary N) is 2.